The van der Waals surface area contributed by atoms with Crippen LogP contribution in [0.3, 0.4) is 0 Å². The molecular formula is C15H22N2O3S. The summed E-state index contributed by atoms with van der Waals surface area (Å²) in [7, 11) is -3.49. The summed E-state index contributed by atoms with van der Waals surface area (Å²) in [6.45, 7) is 7.52. The molecule has 0 atom stereocenters. The van der Waals surface area contributed by atoms with Crippen LogP contribution in [0.15, 0.2) is 23.1 Å². The molecule has 0 spiro atoms. The van der Waals surface area contributed by atoms with E-state index in [1.54, 1.807) is 11.0 Å². The molecule has 0 radical (unpaired) electrons. The fourth-order valence-electron chi connectivity index (χ4n) is 2.44. The van der Waals surface area contributed by atoms with Crippen LogP contribution in [0.5, 0.6) is 0 Å². The highest BCUT2D eigenvalue weighted by atomic mass is 32.2. The van der Waals surface area contributed by atoms with Gasteiger partial charge in [0.05, 0.1) is 4.90 Å². The third kappa shape index (κ3) is 3.27. The number of hydrogen-bond donors (Lipinski definition) is 0. The molecule has 0 saturated carbocycles. The van der Waals surface area contributed by atoms with Crippen molar-refractivity contribution in [3.8, 4) is 0 Å². The van der Waals surface area contributed by atoms with Gasteiger partial charge in [0.2, 0.25) is 16.4 Å². The van der Waals surface area contributed by atoms with Gasteiger partial charge in [-0.15, -0.1) is 0 Å². The van der Waals surface area contributed by atoms with Gasteiger partial charge >= 0.3 is 0 Å². The molecule has 1 aliphatic heterocycles. The van der Waals surface area contributed by atoms with Crippen LogP contribution in [0.25, 0.3) is 0 Å². The van der Waals surface area contributed by atoms with E-state index in [1.807, 2.05) is 32.9 Å². The SMILES string of the molecule is Cc1ccc(C(C)C)cc1S(=O)(=O)N1CCN(C=O)CC1. The van der Waals surface area contributed by atoms with Gasteiger partial charge < -0.3 is 4.90 Å². The summed E-state index contributed by atoms with van der Waals surface area (Å²) in [5, 5.41) is 0. The van der Waals surface area contributed by atoms with Gasteiger partial charge in [0, 0.05) is 26.2 Å². The first-order chi connectivity index (χ1) is 9.86. The Morgan fingerprint density at radius 3 is 2.29 bits per heavy atom. The molecule has 0 bridgehead atoms. The molecule has 1 aromatic rings. The van der Waals surface area contributed by atoms with Crippen molar-refractivity contribution in [1.82, 2.24) is 9.21 Å². The van der Waals surface area contributed by atoms with Crippen LogP contribution >= 0.6 is 0 Å². The van der Waals surface area contributed by atoms with Crippen molar-refractivity contribution in [3.63, 3.8) is 0 Å². The molecule has 0 aromatic heterocycles. The molecule has 1 aliphatic rings. The summed E-state index contributed by atoms with van der Waals surface area (Å²) in [5.74, 6) is 0.284. The van der Waals surface area contributed by atoms with E-state index in [0.29, 0.717) is 31.1 Å². The minimum atomic E-state index is -3.49. The van der Waals surface area contributed by atoms with Gasteiger partial charge in [-0.25, -0.2) is 8.42 Å². The Hall–Kier alpha value is -1.40. The zero-order valence-electron chi connectivity index (χ0n) is 12.7. The normalized spacial score (nSPS) is 17.2. The van der Waals surface area contributed by atoms with Crippen molar-refractivity contribution in [2.45, 2.75) is 31.6 Å². The maximum atomic E-state index is 12.8. The second-order valence-corrected chi connectivity index (χ2v) is 7.63. The lowest BCUT2D eigenvalue weighted by Gasteiger charge is -2.32. The van der Waals surface area contributed by atoms with E-state index in [4.69, 9.17) is 0 Å². The Balaban J connectivity index is 2.31. The van der Waals surface area contributed by atoms with Gasteiger partial charge in [-0.3, -0.25) is 4.79 Å². The van der Waals surface area contributed by atoms with Crippen LogP contribution < -0.4 is 0 Å². The third-order valence-electron chi connectivity index (χ3n) is 3.92. The van der Waals surface area contributed by atoms with Crippen LogP contribution in [-0.2, 0) is 14.8 Å². The minimum Gasteiger partial charge on any atom is -0.343 e. The third-order valence-corrected chi connectivity index (χ3v) is 5.96. The number of piperazine rings is 1. The first kappa shape index (κ1) is 16.0. The maximum absolute atomic E-state index is 12.8. The van der Waals surface area contributed by atoms with E-state index >= 15 is 0 Å². The lowest BCUT2D eigenvalue weighted by Crippen LogP contribution is -2.48. The number of benzene rings is 1. The molecule has 1 amide bonds. The van der Waals surface area contributed by atoms with E-state index < -0.39 is 10.0 Å². The second kappa shape index (κ2) is 6.15. The number of carbonyl (C=O) groups excluding carboxylic acids is 1. The molecular weight excluding hydrogens is 288 g/mol. The van der Waals surface area contributed by atoms with Crippen LogP contribution in [0, 0.1) is 6.92 Å². The molecule has 116 valence electrons. The van der Waals surface area contributed by atoms with Crippen molar-refractivity contribution in [1.29, 1.82) is 0 Å². The van der Waals surface area contributed by atoms with E-state index in [9.17, 15) is 13.2 Å². The fraction of sp³-hybridized carbons (Fsp3) is 0.533. The molecule has 1 heterocycles. The standard InChI is InChI=1S/C15H22N2O3S/c1-12(2)14-5-4-13(3)15(10-14)21(19,20)17-8-6-16(11-18)7-9-17/h4-5,10-12H,6-9H2,1-3H3. The van der Waals surface area contributed by atoms with Gasteiger partial charge in [-0.05, 0) is 30.0 Å². The fourth-order valence-corrected chi connectivity index (χ4v) is 4.12. The van der Waals surface area contributed by atoms with Gasteiger partial charge in [0.25, 0.3) is 0 Å². The Labute approximate surface area is 126 Å². The highest BCUT2D eigenvalue weighted by molar-refractivity contribution is 7.89. The van der Waals surface area contributed by atoms with E-state index in [1.165, 1.54) is 4.31 Å². The summed E-state index contributed by atoms with van der Waals surface area (Å²) >= 11 is 0. The second-order valence-electron chi connectivity index (χ2n) is 5.73. The lowest BCUT2D eigenvalue weighted by atomic mass is 10.0. The Morgan fingerprint density at radius 1 is 1.14 bits per heavy atom. The van der Waals surface area contributed by atoms with Crippen LogP contribution in [0.4, 0.5) is 0 Å². The highest BCUT2D eigenvalue weighted by Gasteiger charge is 2.29. The van der Waals surface area contributed by atoms with Gasteiger partial charge in [0.15, 0.2) is 0 Å². The first-order valence-corrected chi connectivity index (χ1v) is 8.60. The monoisotopic (exact) mass is 310 g/mol. The molecule has 2 rings (SSSR count). The summed E-state index contributed by atoms with van der Waals surface area (Å²) in [5.41, 5.74) is 1.78. The number of carbonyl (C=O) groups is 1. The van der Waals surface area contributed by atoms with Crippen molar-refractivity contribution in [2.24, 2.45) is 0 Å². The average Bonchev–Trinajstić information content (AvgIpc) is 2.47. The van der Waals surface area contributed by atoms with E-state index in [-0.39, 0.29) is 5.92 Å². The summed E-state index contributed by atoms with van der Waals surface area (Å²) in [6, 6.07) is 5.62. The van der Waals surface area contributed by atoms with Crippen molar-refractivity contribution in [3.05, 3.63) is 29.3 Å². The number of aryl methyl sites for hydroxylation is 1. The molecule has 1 aromatic carbocycles. The Kier molecular flexibility index (Phi) is 4.68. The molecule has 21 heavy (non-hydrogen) atoms. The minimum absolute atomic E-state index is 0.284. The highest BCUT2D eigenvalue weighted by Crippen LogP contribution is 2.25. The summed E-state index contributed by atoms with van der Waals surface area (Å²) in [6.07, 6.45) is 0.772. The molecule has 5 nitrogen and oxygen atoms in total. The predicted molar refractivity (Wildman–Crippen MR) is 81.7 cm³/mol. The molecule has 1 fully saturated rings. The first-order valence-electron chi connectivity index (χ1n) is 7.16. The molecule has 6 heteroatoms. The summed E-state index contributed by atoms with van der Waals surface area (Å²) in [4.78, 5) is 12.7. The van der Waals surface area contributed by atoms with Crippen molar-refractivity contribution < 1.29 is 13.2 Å². The van der Waals surface area contributed by atoms with Crippen LogP contribution in [0.1, 0.15) is 30.9 Å². The molecule has 0 aliphatic carbocycles. The van der Waals surface area contributed by atoms with Crippen LogP contribution in [-0.4, -0.2) is 50.2 Å². The van der Waals surface area contributed by atoms with Crippen LogP contribution in [0.2, 0.25) is 0 Å². The number of nitrogens with zero attached hydrogens (tertiary/aromatic N) is 2. The quantitative estimate of drug-likeness (QED) is 0.793. The molecule has 0 N–H and O–H groups in total. The van der Waals surface area contributed by atoms with Crippen molar-refractivity contribution >= 4 is 16.4 Å². The van der Waals surface area contributed by atoms with E-state index in [0.717, 1.165) is 17.5 Å². The number of hydrogen-bond acceptors (Lipinski definition) is 3. The van der Waals surface area contributed by atoms with Crippen molar-refractivity contribution in [2.75, 3.05) is 26.2 Å². The zero-order valence-corrected chi connectivity index (χ0v) is 13.6. The number of sulfonamides is 1. The molecule has 1 saturated heterocycles. The Morgan fingerprint density at radius 2 is 1.76 bits per heavy atom. The zero-order chi connectivity index (χ0) is 15.6. The predicted octanol–water partition coefficient (Wildman–Crippen LogP) is 1.58. The number of rotatable bonds is 4. The topological polar surface area (TPSA) is 57.7 Å². The van der Waals surface area contributed by atoms with Gasteiger partial charge in [-0.1, -0.05) is 26.0 Å². The molecule has 0 unspecified atom stereocenters. The smallest absolute Gasteiger partial charge is 0.243 e. The van der Waals surface area contributed by atoms with Gasteiger partial charge in [-0.2, -0.15) is 4.31 Å². The van der Waals surface area contributed by atoms with E-state index in [2.05, 4.69) is 0 Å². The van der Waals surface area contributed by atoms with Gasteiger partial charge in [0.1, 0.15) is 0 Å². The Bertz CT molecular complexity index is 618. The number of amides is 1. The lowest BCUT2D eigenvalue weighted by molar-refractivity contribution is -0.119. The average molecular weight is 310 g/mol. The largest absolute Gasteiger partial charge is 0.343 e. The maximum Gasteiger partial charge on any atom is 0.243 e. The summed E-state index contributed by atoms with van der Waals surface area (Å²) < 4.78 is 27.1.